The molecule has 6 nitrogen and oxygen atoms in total. The van der Waals surface area contributed by atoms with Crippen molar-refractivity contribution in [2.75, 3.05) is 11.9 Å². The van der Waals surface area contributed by atoms with Crippen molar-refractivity contribution in [1.29, 1.82) is 0 Å². The number of anilines is 1. The molecule has 0 radical (unpaired) electrons. The summed E-state index contributed by atoms with van der Waals surface area (Å²) in [7, 11) is -3.72. The van der Waals surface area contributed by atoms with E-state index in [4.69, 9.17) is 9.84 Å². The SMILES string of the molecule is O=C(O)CNc1ccc(S(=O)(=O)c2ccccc2)cc1OCc1ccccc1. The molecule has 0 atom stereocenters. The highest BCUT2D eigenvalue weighted by atomic mass is 32.2. The molecule has 0 saturated heterocycles. The van der Waals surface area contributed by atoms with Gasteiger partial charge in [0.25, 0.3) is 0 Å². The summed E-state index contributed by atoms with van der Waals surface area (Å²) in [4.78, 5) is 11.1. The Hall–Kier alpha value is -3.32. The van der Waals surface area contributed by atoms with Gasteiger partial charge in [-0.25, -0.2) is 8.42 Å². The van der Waals surface area contributed by atoms with Crippen LogP contribution in [0.15, 0.2) is 88.7 Å². The Labute approximate surface area is 163 Å². The van der Waals surface area contributed by atoms with Crippen LogP contribution in [0.4, 0.5) is 5.69 Å². The van der Waals surface area contributed by atoms with Crippen LogP contribution in [-0.4, -0.2) is 26.0 Å². The lowest BCUT2D eigenvalue weighted by Gasteiger charge is -2.14. The highest BCUT2D eigenvalue weighted by Gasteiger charge is 2.19. The highest BCUT2D eigenvalue weighted by molar-refractivity contribution is 7.91. The molecule has 3 aromatic rings. The van der Waals surface area contributed by atoms with E-state index < -0.39 is 15.8 Å². The molecular weight excluding hydrogens is 378 g/mol. The van der Waals surface area contributed by atoms with E-state index in [9.17, 15) is 13.2 Å². The van der Waals surface area contributed by atoms with E-state index in [1.165, 1.54) is 30.3 Å². The largest absolute Gasteiger partial charge is 0.487 e. The molecule has 0 unspecified atom stereocenters. The zero-order chi connectivity index (χ0) is 20.0. The Kier molecular flexibility index (Phi) is 5.96. The summed E-state index contributed by atoms with van der Waals surface area (Å²) in [5.74, 6) is -0.767. The van der Waals surface area contributed by atoms with Crippen molar-refractivity contribution in [3.63, 3.8) is 0 Å². The third-order valence-corrected chi connectivity index (χ3v) is 5.75. The first-order chi connectivity index (χ1) is 13.5. The normalized spacial score (nSPS) is 11.0. The Bertz CT molecular complexity index is 1050. The third-order valence-electron chi connectivity index (χ3n) is 3.98. The number of aliphatic carboxylic acids is 1. The van der Waals surface area contributed by atoms with E-state index in [0.29, 0.717) is 5.69 Å². The van der Waals surface area contributed by atoms with Gasteiger partial charge < -0.3 is 15.2 Å². The van der Waals surface area contributed by atoms with Gasteiger partial charge in [0.1, 0.15) is 18.9 Å². The standard InChI is InChI=1S/C21H19NO5S/c23-21(24)14-22-19-12-11-18(28(25,26)17-9-5-2-6-10-17)13-20(19)27-15-16-7-3-1-4-8-16/h1-13,22H,14-15H2,(H,23,24). The van der Waals surface area contributed by atoms with E-state index >= 15 is 0 Å². The van der Waals surface area contributed by atoms with Crippen LogP contribution in [0.25, 0.3) is 0 Å². The number of ether oxygens (including phenoxy) is 1. The van der Waals surface area contributed by atoms with Gasteiger partial charge in [-0.1, -0.05) is 48.5 Å². The van der Waals surface area contributed by atoms with Crippen LogP contribution in [0, 0.1) is 0 Å². The van der Waals surface area contributed by atoms with Gasteiger partial charge in [0.15, 0.2) is 0 Å². The van der Waals surface area contributed by atoms with Crippen molar-refractivity contribution in [3.05, 3.63) is 84.4 Å². The molecule has 0 aliphatic carbocycles. The molecule has 0 aliphatic rings. The number of hydrogen-bond donors (Lipinski definition) is 2. The van der Waals surface area contributed by atoms with Gasteiger partial charge in [-0.05, 0) is 29.8 Å². The van der Waals surface area contributed by atoms with Crippen LogP contribution in [0.5, 0.6) is 5.75 Å². The fourth-order valence-corrected chi connectivity index (χ4v) is 3.87. The Balaban J connectivity index is 1.93. The summed E-state index contributed by atoms with van der Waals surface area (Å²) in [5.41, 5.74) is 1.31. The van der Waals surface area contributed by atoms with Gasteiger partial charge in [0.05, 0.1) is 15.5 Å². The lowest BCUT2D eigenvalue weighted by Crippen LogP contribution is -2.13. The second kappa shape index (κ2) is 8.58. The van der Waals surface area contributed by atoms with Crippen LogP contribution >= 0.6 is 0 Å². The van der Waals surface area contributed by atoms with Crippen LogP contribution in [0.2, 0.25) is 0 Å². The van der Waals surface area contributed by atoms with Crippen molar-refractivity contribution in [3.8, 4) is 5.75 Å². The maximum Gasteiger partial charge on any atom is 0.322 e. The monoisotopic (exact) mass is 397 g/mol. The number of rotatable bonds is 8. The molecule has 3 rings (SSSR count). The van der Waals surface area contributed by atoms with Crippen molar-refractivity contribution < 1.29 is 23.1 Å². The van der Waals surface area contributed by atoms with Gasteiger partial charge in [-0.3, -0.25) is 4.79 Å². The second-order valence-corrected chi connectivity index (χ2v) is 7.95. The fourth-order valence-electron chi connectivity index (χ4n) is 2.58. The molecule has 0 bridgehead atoms. The van der Waals surface area contributed by atoms with E-state index in [1.807, 2.05) is 30.3 Å². The first-order valence-corrected chi connectivity index (χ1v) is 10.0. The predicted octanol–water partition coefficient (Wildman–Crippen LogP) is 3.59. The first kappa shape index (κ1) is 19.4. The maximum absolute atomic E-state index is 12.9. The molecule has 2 N–H and O–H groups in total. The van der Waals surface area contributed by atoms with Crippen molar-refractivity contribution in [2.45, 2.75) is 16.4 Å². The Morgan fingerprint density at radius 3 is 2.18 bits per heavy atom. The molecule has 0 heterocycles. The summed E-state index contributed by atoms with van der Waals surface area (Å²) >= 11 is 0. The lowest BCUT2D eigenvalue weighted by molar-refractivity contribution is -0.134. The molecule has 0 saturated carbocycles. The average molecular weight is 397 g/mol. The Morgan fingerprint density at radius 1 is 0.893 bits per heavy atom. The molecule has 144 valence electrons. The number of nitrogens with one attached hydrogen (secondary N) is 1. The quantitative estimate of drug-likeness (QED) is 0.603. The Morgan fingerprint density at radius 2 is 1.54 bits per heavy atom. The minimum Gasteiger partial charge on any atom is -0.487 e. The molecule has 3 aromatic carbocycles. The predicted molar refractivity (Wildman–Crippen MR) is 105 cm³/mol. The van der Waals surface area contributed by atoms with Crippen molar-refractivity contribution >= 4 is 21.5 Å². The van der Waals surface area contributed by atoms with Gasteiger partial charge in [-0.15, -0.1) is 0 Å². The summed E-state index contributed by atoms with van der Waals surface area (Å²) in [6.07, 6.45) is 0. The molecule has 0 aromatic heterocycles. The van der Waals surface area contributed by atoms with E-state index in [0.717, 1.165) is 5.56 Å². The van der Waals surface area contributed by atoms with E-state index in [1.54, 1.807) is 18.2 Å². The number of carboxylic acids is 1. The molecule has 0 amide bonds. The van der Waals surface area contributed by atoms with Crippen LogP contribution < -0.4 is 10.1 Å². The lowest BCUT2D eigenvalue weighted by atomic mass is 10.2. The van der Waals surface area contributed by atoms with Crippen molar-refractivity contribution in [2.24, 2.45) is 0 Å². The molecule has 7 heteroatoms. The number of sulfone groups is 1. The van der Waals surface area contributed by atoms with Crippen LogP contribution in [0.3, 0.4) is 0 Å². The fraction of sp³-hybridized carbons (Fsp3) is 0.0952. The minimum atomic E-state index is -3.72. The number of benzene rings is 3. The number of hydrogen-bond acceptors (Lipinski definition) is 5. The van der Waals surface area contributed by atoms with Crippen molar-refractivity contribution in [1.82, 2.24) is 0 Å². The highest BCUT2D eigenvalue weighted by Crippen LogP contribution is 2.31. The van der Waals surface area contributed by atoms with Gasteiger partial charge in [0, 0.05) is 6.07 Å². The minimum absolute atomic E-state index is 0.0719. The third kappa shape index (κ3) is 4.69. The topological polar surface area (TPSA) is 92.7 Å². The van der Waals surface area contributed by atoms with Crippen LogP contribution in [-0.2, 0) is 21.2 Å². The number of carbonyl (C=O) groups is 1. The van der Waals surface area contributed by atoms with E-state index in [-0.39, 0.29) is 28.7 Å². The summed E-state index contributed by atoms with van der Waals surface area (Å²) in [6.45, 7) is -0.0933. The van der Waals surface area contributed by atoms with Gasteiger partial charge in [-0.2, -0.15) is 0 Å². The summed E-state index contributed by atoms with van der Waals surface area (Å²) in [5, 5.41) is 11.7. The molecule has 0 spiro atoms. The zero-order valence-electron chi connectivity index (χ0n) is 14.9. The van der Waals surface area contributed by atoms with E-state index in [2.05, 4.69) is 5.32 Å². The molecule has 28 heavy (non-hydrogen) atoms. The summed E-state index contributed by atoms with van der Waals surface area (Å²) in [6, 6.07) is 21.9. The zero-order valence-corrected chi connectivity index (χ0v) is 15.7. The first-order valence-electron chi connectivity index (χ1n) is 8.53. The van der Waals surface area contributed by atoms with Gasteiger partial charge >= 0.3 is 5.97 Å². The summed E-state index contributed by atoms with van der Waals surface area (Å²) < 4.78 is 31.5. The smallest absolute Gasteiger partial charge is 0.322 e. The average Bonchev–Trinajstić information content (AvgIpc) is 2.72. The van der Waals surface area contributed by atoms with Crippen LogP contribution in [0.1, 0.15) is 5.56 Å². The maximum atomic E-state index is 12.9. The second-order valence-electron chi connectivity index (χ2n) is 6.00. The van der Waals surface area contributed by atoms with Gasteiger partial charge in [0.2, 0.25) is 9.84 Å². The molecule has 0 fully saturated rings. The molecular formula is C21H19NO5S. The molecule has 0 aliphatic heterocycles. The number of carboxylic acid groups (broad SMARTS) is 1.